The Morgan fingerprint density at radius 3 is 2.25 bits per heavy atom. The highest BCUT2D eigenvalue weighted by Gasteiger charge is 2.08. The fourth-order valence-electron chi connectivity index (χ4n) is 2.50. The molecule has 0 aliphatic heterocycles. The molecule has 0 saturated heterocycles. The molecule has 0 amide bonds. The van der Waals surface area contributed by atoms with Crippen molar-refractivity contribution >= 4 is 11.8 Å². The summed E-state index contributed by atoms with van der Waals surface area (Å²) >= 11 is 1.78. The van der Waals surface area contributed by atoms with Gasteiger partial charge in [-0.05, 0) is 44.9 Å². The van der Waals surface area contributed by atoms with Gasteiger partial charge in [0.2, 0.25) is 0 Å². The Balaban J connectivity index is 2.22. The summed E-state index contributed by atoms with van der Waals surface area (Å²) in [6.45, 7) is 8.98. The molecule has 2 nitrogen and oxygen atoms in total. The number of benzene rings is 1. The van der Waals surface area contributed by atoms with E-state index >= 15 is 0 Å². The number of hydrogen-bond acceptors (Lipinski definition) is 3. The monoisotopic (exact) mass is 286 g/mol. The fourth-order valence-corrected chi connectivity index (χ4v) is 3.60. The summed E-state index contributed by atoms with van der Waals surface area (Å²) < 4.78 is 0. The molecule has 0 fully saturated rings. The van der Waals surface area contributed by atoms with Crippen LogP contribution in [0.15, 0.2) is 29.3 Å². The van der Waals surface area contributed by atoms with Crippen molar-refractivity contribution in [1.29, 1.82) is 0 Å². The Bertz CT molecular complexity index is 600. The molecule has 1 aromatic carbocycles. The van der Waals surface area contributed by atoms with Gasteiger partial charge in [-0.3, -0.25) is 0 Å². The van der Waals surface area contributed by atoms with Crippen molar-refractivity contribution in [3.63, 3.8) is 0 Å². The molecule has 0 aliphatic carbocycles. The van der Waals surface area contributed by atoms with Crippen molar-refractivity contribution in [3.8, 4) is 0 Å². The summed E-state index contributed by atoms with van der Waals surface area (Å²) in [6.07, 6.45) is 0. The van der Waals surface area contributed by atoms with Gasteiger partial charge < -0.3 is 5.73 Å². The minimum Gasteiger partial charge on any atom is -0.326 e. The number of rotatable bonds is 4. The van der Waals surface area contributed by atoms with E-state index in [-0.39, 0.29) is 0 Å². The van der Waals surface area contributed by atoms with Gasteiger partial charge in [-0.25, -0.2) is 4.98 Å². The molecule has 0 unspecified atom stereocenters. The van der Waals surface area contributed by atoms with Crippen LogP contribution in [0.2, 0.25) is 0 Å². The van der Waals surface area contributed by atoms with Gasteiger partial charge in [0.15, 0.2) is 0 Å². The average Bonchev–Trinajstić information content (AvgIpc) is 2.34. The van der Waals surface area contributed by atoms with Crippen molar-refractivity contribution in [2.75, 3.05) is 0 Å². The Morgan fingerprint density at radius 1 is 1.00 bits per heavy atom. The second-order valence-corrected chi connectivity index (χ2v) is 6.32. The lowest BCUT2D eigenvalue weighted by Gasteiger charge is -2.11. The zero-order chi connectivity index (χ0) is 14.7. The zero-order valence-corrected chi connectivity index (χ0v) is 13.5. The normalized spacial score (nSPS) is 10.8. The first-order valence-corrected chi connectivity index (χ1v) is 7.85. The van der Waals surface area contributed by atoms with E-state index in [1.54, 1.807) is 11.8 Å². The van der Waals surface area contributed by atoms with Crippen molar-refractivity contribution in [1.82, 2.24) is 4.98 Å². The summed E-state index contributed by atoms with van der Waals surface area (Å²) in [5.74, 6) is 0.936. The number of aryl methyl sites for hydroxylation is 4. The highest BCUT2D eigenvalue weighted by Crippen LogP contribution is 2.27. The first-order chi connectivity index (χ1) is 9.49. The molecule has 3 heteroatoms. The summed E-state index contributed by atoms with van der Waals surface area (Å²) in [6, 6.07) is 8.78. The Hall–Kier alpha value is -1.32. The van der Waals surface area contributed by atoms with Crippen LogP contribution in [0, 0.1) is 27.7 Å². The smallest absolute Gasteiger partial charge is 0.101 e. The minimum atomic E-state index is 0.550. The van der Waals surface area contributed by atoms with Crippen LogP contribution in [0.1, 0.15) is 33.5 Å². The van der Waals surface area contributed by atoms with Crippen molar-refractivity contribution < 1.29 is 0 Å². The zero-order valence-electron chi connectivity index (χ0n) is 12.7. The molecule has 2 rings (SSSR count). The maximum atomic E-state index is 5.87. The molecular weight excluding hydrogens is 264 g/mol. The van der Waals surface area contributed by atoms with Crippen LogP contribution >= 0.6 is 11.8 Å². The first-order valence-electron chi connectivity index (χ1n) is 6.86. The number of nitrogens with zero attached hydrogens (tertiary/aromatic N) is 1. The quantitative estimate of drug-likeness (QED) is 0.861. The lowest BCUT2D eigenvalue weighted by Crippen LogP contribution is -2.04. The SMILES string of the molecule is Cc1cc(C)cc(CSc2nc(C)cc(C)c2CN)c1. The lowest BCUT2D eigenvalue weighted by atomic mass is 10.1. The number of pyridine rings is 1. The number of aromatic nitrogens is 1. The van der Waals surface area contributed by atoms with Gasteiger partial charge in [-0.15, -0.1) is 11.8 Å². The van der Waals surface area contributed by atoms with Crippen LogP contribution in [0.3, 0.4) is 0 Å². The molecule has 0 bridgehead atoms. The van der Waals surface area contributed by atoms with Gasteiger partial charge in [0.05, 0.1) is 0 Å². The number of thioether (sulfide) groups is 1. The Labute approximate surface area is 125 Å². The standard InChI is InChI=1S/C17H22N2S/c1-11-5-12(2)7-15(6-11)10-20-17-16(9-18)13(3)8-14(4)19-17/h5-8H,9-10,18H2,1-4H3. The van der Waals surface area contributed by atoms with Crippen LogP contribution in [-0.2, 0) is 12.3 Å². The summed E-state index contributed by atoms with van der Waals surface area (Å²) in [5.41, 5.74) is 13.3. The second kappa shape index (κ2) is 6.42. The predicted molar refractivity (Wildman–Crippen MR) is 87.1 cm³/mol. The van der Waals surface area contributed by atoms with E-state index in [1.807, 2.05) is 6.92 Å². The Morgan fingerprint density at radius 2 is 1.65 bits per heavy atom. The van der Waals surface area contributed by atoms with E-state index in [0.717, 1.165) is 16.5 Å². The van der Waals surface area contributed by atoms with Gasteiger partial charge in [0.25, 0.3) is 0 Å². The fraction of sp³-hybridized carbons (Fsp3) is 0.353. The lowest BCUT2D eigenvalue weighted by molar-refractivity contribution is 0.922. The first kappa shape index (κ1) is 15.1. The van der Waals surface area contributed by atoms with Crippen molar-refractivity contribution in [2.24, 2.45) is 5.73 Å². The van der Waals surface area contributed by atoms with Gasteiger partial charge in [-0.2, -0.15) is 0 Å². The molecule has 2 N–H and O–H groups in total. The third-order valence-corrected chi connectivity index (χ3v) is 4.39. The number of hydrogen-bond donors (Lipinski definition) is 1. The maximum Gasteiger partial charge on any atom is 0.101 e. The molecule has 0 saturated carbocycles. The minimum absolute atomic E-state index is 0.550. The van der Waals surface area contributed by atoms with E-state index in [0.29, 0.717) is 6.54 Å². The topological polar surface area (TPSA) is 38.9 Å². The van der Waals surface area contributed by atoms with E-state index in [2.05, 4.69) is 50.0 Å². The van der Waals surface area contributed by atoms with E-state index in [1.165, 1.54) is 27.8 Å². The largest absolute Gasteiger partial charge is 0.326 e. The van der Waals surface area contributed by atoms with Gasteiger partial charge in [0, 0.05) is 23.6 Å². The van der Waals surface area contributed by atoms with Crippen LogP contribution in [0.4, 0.5) is 0 Å². The highest BCUT2D eigenvalue weighted by atomic mass is 32.2. The average molecular weight is 286 g/mol. The molecule has 0 aliphatic rings. The van der Waals surface area contributed by atoms with E-state index in [9.17, 15) is 0 Å². The van der Waals surface area contributed by atoms with Gasteiger partial charge in [-0.1, -0.05) is 29.3 Å². The maximum absolute atomic E-state index is 5.87. The van der Waals surface area contributed by atoms with Gasteiger partial charge in [0.1, 0.15) is 5.03 Å². The summed E-state index contributed by atoms with van der Waals surface area (Å²) in [7, 11) is 0. The molecule has 0 radical (unpaired) electrons. The molecule has 2 aromatic rings. The van der Waals surface area contributed by atoms with Crippen LogP contribution in [-0.4, -0.2) is 4.98 Å². The molecule has 1 aromatic heterocycles. The second-order valence-electron chi connectivity index (χ2n) is 5.35. The third kappa shape index (κ3) is 3.62. The molecular formula is C17H22N2S. The highest BCUT2D eigenvalue weighted by molar-refractivity contribution is 7.98. The van der Waals surface area contributed by atoms with Crippen LogP contribution in [0.25, 0.3) is 0 Å². The summed E-state index contributed by atoms with van der Waals surface area (Å²) in [4.78, 5) is 4.65. The molecule has 1 heterocycles. The Kier molecular flexibility index (Phi) is 4.84. The molecule has 0 atom stereocenters. The van der Waals surface area contributed by atoms with Crippen LogP contribution in [0.5, 0.6) is 0 Å². The van der Waals surface area contributed by atoms with Crippen molar-refractivity contribution in [2.45, 2.75) is 45.0 Å². The van der Waals surface area contributed by atoms with Gasteiger partial charge >= 0.3 is 0 Å². The molecule has 20 heavy (non-hydrogen) atoms. The van der Waals surface area contributed by atoms with E-state index in [4.69, 9.17) is 5.73 Å². The molecule has 0 spiro atoms. The predicted octanol–water partition coefficient (Wildman–Crippen LogP) is 4.07. The van der Waals surface area contributed by atoms with E-state index < -0.39 is 0 Å². The van der Waals surface area contributed by atoms with Crippen molar-refractivity contribution in [3.05, 3.63) is 57.8 Å². The summed E-state index contributed by atoms with van der Waals surface area (Å²) in [5, 5.41) is 1.07. The van der Waals surface area contributed by atoms with Crippen LogP contribution < -0.4 is 5.73 Å². The number of nitrogens with two attached hydrogens (primary N) is 1. The molecule has 106 valence electrons. The third-order valence-electron chi connectivity index (χ3n) is 3.30.